The van der Waals surface area contributed by atoms with Crippen molar-refractivity contribution in [3.05, 3.63) is 35.9 Å². The van der Waals surface area contributed by atoms with Crippen LogP contribution in [0.3, 0.4) is 0 Å². The lowest BCUT2D eigenvalue weighted by molar-refractivity contribution is 0.138. The summed E-state index contributed by atoms with van der Waals surface area (Å²) in [7, 11) is 11.6. The summed E-state index contributed by atoms with van der Waals surface area (Å²) in [6.07, 6.45) is 4.33. The molecular weight excluding hydrogens is 277 g/mol. The Balaban J connectivity index is 2.10. The fourth-order valence-electron chi connectivity index (χ4n) is 3.98. The molecule has 0 aromatic heterocycles. The number of methoxy groups -OCH3 is 2. The van der Waals surface area contributed by atoms with Crippen LogP contribution >= 0.6 is 0 Å². The van der Waals surface area contributed by atoms with Gasteiger partial charge in [0.2, 0.25) is 0 Å². The van der Waals surface area contributed by atoms with Gasteiger partial charge in [-0.3, -0.25) is 0 Å². The third kappa shape index (κ3) is 2.15. The van der Waals surface area contributed by atoms with Crippen molar-refractivity contribution < 1.29 is 14.6 Å². The SMILES string of the molecule is [B]C1C(O)C=C[C@@]2(c3ccc(OC)c(OC)c3)CCN(C)C12. The Labute approximate surface area is 133 Å². The zero-order chi connectivity index (χ0) is 15.9. The molecule has 3 rings (SSSR count). The standard InChI is InChI=1S/C17H22BNO3/c1-19-9-8-17(7-6-12(20)15(18)16(17)19)11-4-5-13(21-2)14(10-11)22-3/h4-7,10,12,15-16,20H,8-9H2,1-3H3/t12?,15?,16?,17-/m0/s1. The van der Waals surface area contributed by atoms with E-state index in [4.69, 9.17) is 17.3 Å². The van der Waals surface area contributed by atoms with E-state index >= 15 is 0 Å². The summed E-state index contributed by atoms with van der Waals surface area (Å²) < 4.78 is 10.8. The van der Waals surface area contributed by atoms with Crippen molar-refractivity contribution in [1.29, 1.82) is 0 Å². The van der Waals surface area contributed by atoms with Gasteiger partial charge >= 0.3 is 0 Å². The Bertz CT molecular complexity index is 591. The Hall–Kier alpha value is -1.46. The van der Waals surface area contributed by atoms with Crippen LogP contribution in [0, 0.1) is 0 Å². The van der Waals surface area contributed by atoms with Crippen molar-refractivity contribution in [2.24, 2.45) is 0 Å². The Morgan fingerprint density at radius 1 is 1.27 bits per heavy atom. The molecule has 3 unspecified atom stereocenters. The number of nitrogens with zero attached hydrogens (tertiary/aromatic N) is 1. The number of aliphatic hydroxyl groups excluding tert-OH is 1. The number of hydrogen-bond donors (Lipinski definition) is 1. The minimum absolute atomic E-state index is 0.0746. The molecule has 22 heavy (non-hydrogen) atoms. The summed E-state index contributed by atoms with van der Waals surface area (Å²) in [4.78, 5) is 2.24. The van der Waals surface area contributed by atoms with E-state index in [0.717, 1.165) is 30.0 Å². The van der Waals surface area contributed by atoms with Gasteiger partial charge in [0, 0.05) is 11.5 Å². The molecule has 2 aliphatic rings. The van der Waals surface area contributed by atoms with Crippen LogP contribution in [-0.2, 0) is 5.41 Å². The molecular formula is C17H22BNO3. The van der Waals surface area contributed by atoms with Crippen molar-refractivity contribution in [1.82, 2.24) is 4.90 Å². The smallest absolute Gasteiger partial charge is 0.161 e. The number of fused-ring (bicyclic) bond motifs is 1. The highest BCUT2D eigenvalue weighted by Gasteiger charge is 2.51. The first kappa shape index (κ1) is 15.4. The quantitative estimate of drug-likeness (QED) is 0.679. The van der Waals surface area contributed by atoms with Gasteiger partial charge in [0.05, 0.1) is 28.2 Å². The van der Waals surface area contributed by atoms with Gasteiger partial charge in [-0.25, -0.2) is 0 Å². The Kier molecular flexibility index (Phi) is 3.95. The summed E-state index contributed by atoms with van der Waals surface area (Å²) in [5.74, 6) is 1.14. The second-order valence-electron chi connectivity index (χ2n) is 6.21. The summed E-state index contributed by atoms with van der Waals surface area (Å²) in [6.45, 7) is 0.948. The molecule has 4 nitrogen and oxygen atoms in total. The maximum atomic E-state index is 10.1. The van der Waals surface area contributed by atoms with Gasteiger partial charge in [0.15, 0.2) is 11.5 Å². The third-order valence-electron chi connectivity index (χ3n) is 5.15. The molecule has 1 aromatic carbocycles. The van der Waals surface area contributed by atoms with E-state index in [1.807, 2.05) is 18.2 Å². The molecule has 1 aliphatic heterocycles. The average molecular weight is 299 g/mol. The molecule has 2 radical (unpaired) electrons. The van der Waals surface area contributed by atoms with Crippen LogP contribution in [0.25, 0.3) is 0 Å². The normalized spacial score (nSPS) is 34.5. The summed E-state index contributed by atoms with van der Waals surface area (Å²) in [5.41, 5.74) is 0.963. The number of likely N-dealkylation sites (N-methyl/N-ethyl adjacent to an activating group) is 1. The van der Waals surface area contributed by atoms with Crippen LogP contribution in [-0.4, -0.2) is 57.8 Å². The van der Waals surface area contributed by atoms with Crippen molar-refractivity contribution in [3.63, 3.8) is 0 Å². The number of ether oxygens (including phenoxy) is 2. The van der Waals surface area contributed by atoms with Crippen LogP contribution < -0.4 is 9.47 Å². The summed E-state index contributed by atoms with van der Waals surface area (Å²) in [6, 6.07) is 6.11. The van der Waals surface area contributed by atoms with E-state index in [9.17, 15) is 5.11 Å². The molecule has 5 heteroatoms. The lowest BCUT2D eigenvalue weighted by atomic mass is 9.60. The average Bonchev–Trinajstić information content (AvgIpc) is 2.89. The van der Waals surface area contributed by atoms with Crippen molar-refractivity contribution in [2.45, 2.75) is 29.8 Å². The van der Waals surface area contributed by atoms with E-state index in [1.165, 1.54) is 0 Å². The number of rotatable bonds is 3. The Morgan fingerprint density at radius 3 is 2.68 bits per heavy atom. The van der Waals surface area contributed by atoms with Gasteiger partial charge in [-0.2, -0.15) is 0 Å². The van der Waals surface area contributed by atoms with Crippen molar-refractivity contribution in [2.75, 3.05) is 27.8 Å². The zero-order valence-electron chi connectivity index (χ0n) is 13.3. The first-order valence-corrected chi connectivity index (χ1v) is 7.59. The largest absolute Gasteiger partial charge is 0.493 e. The maximum Gasteiger partial charge on any atom is 0.161 e. The molecule has 1 fully saturated rings. The molecule has 1 N–H and O–H groups in total. The van der Waals surface area contributed by atoms with E-state index in [1.54, 1.807) is 14.2 Å². The van der Waals surface area contributed by atoms with Crippen LogP contribution in [0.4, 0.5) is 0 Å². The van der Waals surface area contributed by atoms with E-state index in [-0.39, 0.29) is 17.3 Å². The molecule has 1 aliphatic carbocycles. The van der Waals surface area contributed by atoms with E-state index in [2.05, 4.69) is 24.1 Å². The minimum Gasteiger partial charge on any atom is -0.493 e. The lowest BCUT2D eigenvalue weighted by Gasteiger charge is -2.44. The molecule has 4 atom stereocenters. The molecule has 0 saturated carbocycles. The third-order valence-corrected chi connectivity index (χ3v) is 5.15. The second kappa shape index (κ2) is 5.63. The monoisotopic (exact) mass is 299 g/mol. The predicted octanol–water partition coefficient (Wildman–Crippen LogP) is 1.53. The molecule has 116 valence electrons. The molecule has 0 bridgehead atoms. The molecule has 0 amide bonds. The van der Waals surface area contributed by atoms with Gasteiger partial charge in [-0.15, -0.1) is 0 Å². The highest BCUT2D eigenvalue weighted by molar-refractivity contribution is 6.13. The highest BCUT2D eigenvalue weighted by atomic mass is 16.5. The maximum absolute atomic E-state index is 10.1. The highest BCUT2D eigenvalue weighted by Crippen LogP contribution is 2.49. The molecule has 0 spiro atoms. The lowest BCUT2D eigenvalue weighted by Crippen LogP contribution is -2.48. The predicted molar refractivity (Wildman–Crippen MR) is 86.9 cm³/mol. The number of likely N-dealkylation sites (tertiary alicyclic amines) is 1. The first-order valence-electron chi connectivity index (χ1n) is 7.59. The van der Waals surface area contributed by atoms with Gasteiger partial charge in [-0.05, 0) is 43.5 Å². The van der Waals surface area contributed by atoms with Gasteiger partial charge < -0.3 is 19.5 Å². The van der Waals surface area contributed by atoms with Gasteiger partial charge in [0.25, 0.3) is 0 Å². The van der Waals surface area contributed by atoms with Crippen LogP contribution in [0.1, 0.15) is 12.0 Å². The number of benzene rings is 1. The van der Waals surface area contributed by atoms with Crippen LogP contribution in [0.15, 0.2) is 30.4 Å². The van der Waals surface area contributed by atoms with Crippen molar-refractivity contribution >= 4 is 7.85 Å². The van der Waals surface area contributed by atoms with Gasteiger partial charge in [-0.1, -0.05) is 18.2 Å². The summed E-state index contributed by atoms with van der Waals surface area (Å²) in [5, 5.41) is 10.1. The minimum atomic E-state index is -0.598. The topological polar surface area (TPSA) is 41.9 Å². The number of hydrogen-bond acceptors (Lipinski definition) is 4. The Morgan fingerprint density at radius 2 is 2.00 bits per heavy atom. The first-order chi connectivity index (χ1) is 10.5. The number of aliphatic hydroxyl groups is 1. The van der Waals surface area contributed by atoms with Crippen molar-refractivity contribution in [3.8, 4) is 11.5 Å². The van der Waals surface area contributed by atoms with E-state index in [0.29, 0.717) is 0 Å². The molecule has 1 saturated heterocycles. The van der Waals surface area contributed by atoms with Crippen LogP contribution in [0.2, 0.25) is 5.82 Å². The molecule has 1 heterocycles. The fourth-order valence-corrected chi connectivity index (χ4v) is 3.98. The van der Waals surface area contributed by atoms with Gasteiger partial charge in [0.1, 0.15) is 0 Å². The zero-order valence-corrected chi connectivity index (χ0v) is 13.3. The van der Waals surface area contributed by atoms with Crippen LogP contribution in [0.5, 0.6) is 11.5 Å². The fraction of sp³-hybridized carbons (Fsp3) is 0.529. The molecule has 1 aromatic rings. The summed E-state index contributed by atoms with van der Waals surface area (Å²) >= 11 is 0. The second-order valence-corrected chi connectivity index (χ2v) is 6.21. The van der Waals surface area contributed by atoms with E-state index < -0.39 is 6.10 Å².